The molecular formula is C11H21NO. The molecule has 1 saturated heterocycles. The van der Waals surface area contributed by atoms with Crippen molar-refractivity contribution in [2.75, 3.05) is 19.6 Å². The van der Waals surface area contributed by atoms with E-state index in [9.17, 15) is 5.11 Å². The molecular weight excluding hydrogens is 162 g/mol. The van der Waals surface area contributed by atoms with Gasteiger partial charge in [0.15, 0.2) is 0 Å². The van der Waals surface area contributed by atoms with Crippen molar-refractivity contribution in [1.82, 2.24) is 4.90 Å². The van der Waals surface area contributed by atoms with Gasteiger partial charge in [0.1, 0.15) is 0 Å². The predicted molar refractivity (Wildman–Crippen MR) is 53.5 cm³/mol. The number of likely N-dealkylation sites (tertiary alicyclic amines) is 1. The molecule has 1 saturated carbocycles. The van der Waals surface area contributed by atoms with Gasteiger partial charge in [0.2, 0.25) is 0 Å². The van der Waals surface area contributed by atoms with Crippen LogP contribution in [0, 0.1) is 17.8 Å². The van der Waals surface area contributed by atoms with Crippen molar-refractivity contribution in [3.63, 3.8) is 0 Å². The van der Waals surface area contributed by atoms with Gasteiger partial charge in [0.25, 0.3) is 0 Å². The standard InChI is InChI=1S/C11H21NO/c1-8(2)5-12-6-9-3-11(13)4-10(9)7-12/h8-11,13H,3-7H2,1-2H3/t9-,10+,11?. The van der Waals surface area contributed by atoms with Crippen LogP contribution in [-0.2, 0) is 0 Å². The number of aliphatic hydroxyl groups excluding tert-OH is 1. The van der Waals surface area contributed by atoms with Gasteiger partial charge in [-0.3, -0.25) is 0 Å². The number of aliphatic hydroxyl groups is 1. The molecule has 1 heterocycles. The summed E-state index contributed by atoms with van der Waals surface area (Å²) in [5.41, 5.74) is 0. The Morgan fingerprint density at radius 3 is 2.23 bits per heavy atom. The van der Waals surface area contributed by atoms with Crippen LogP contribution in [-0.4, -0.2) is 35.7 Å². The molecule has 1 unspecified atom stereocenters. The summed E-state index contributed by atoms with van der Waals surface area (Å²) in [4.78, 5) is 2.58. The highest BCUT2D eigenvalue weighted by Crippen LogP contribution is 2.37. The number of hydrogen-bond donors (Lipinski definition) is 1. The van der Waals surface area contributed by atoms with Gasteiger partial charge < -0.3 is 10.0 Å². The summed E-state index contributed by atoms with van der Waals surface area (Å²) in [7, 11) is 0. The molecule has 2 rings (SSSR count). The summed E-state index contributed by atoms with van der Waals surface area (Å²) in [5.74, 6) is 2.38. The first kappa shape index (κ1) is 9.47. The number of fused-ring (bicyclic) bond motifs is 1. The van der Waals surface area contributed by atoms with E-state index in [4.69, 9.17) is 0 Å². The third-order valence-electron chi connectivity index (χ3n) is 3.43. The molecule has 76 valence electrons. The molecule has 13 heavy (non-hydrogen) atoms. The molecule has 0 bridgehead atoms. The number of hydrogen-bond acceptors (Lipinski definition) is 2. The third kappa shape index (κ3) is 2.05. The minimum Gasteiger partial charge on any atom is -0.393 e. The molecule has 0 amide bonds. The quantitative estimate of drug-likeness (QED) is 0.698. The Kier molecular flexibility index (Phi) is 2.61. The molecule has 0 spiro atoms. The second-order valence-electron chi connectivity index (χ2n) is 5.26. The van der Waals surface area contributed by atoms with Crippen molar-refractivity contribution in [3.8, 4) is 0 Å². The fourth-order valence-electron chi connectivity index (χ4n) is 3.03. The maximum atomic E-state index is 9.48. The highest BCUT2D eigenvalue weighted by molar-refractivity contribution is 4.92. The normalized spacial score (nSPS) is 40.2. The average Bonchev–Trinajstić information content (AvgIpc) is 2.41. The summed E-state index contributed by atoms with van der Waals surface area (Å²) < 4.78 is 0. The van der Waals surface area contributed by atoms with Gasteiger partial charge in [-0.1, -0.05) is 13.8 Å². The number of nitrogens with zero attached hydrogens (tertiary/aromatic N) is 1. The summed E-state index contributed by atoms with van der Waals surface area (Å²) >= 11 is 0. The van der Waals surface area contributed by atoms with E-state index < -0.39 is 0 Å². The van der Waals surface area contributed by atoms with E-state index in [1.54, 1.807) is 0 Å². The van der Waals surface area contributed by atoms with Crippen LogP contribution in [0.1, 0.15) is 26.7 Å². The lowest BCUT2D eigenvalue weighted by Crippen LogP contribution is -2.27. The zero-order valence-electron chi connectivity index (χ0n) is 8.74. The lowest BCUT2D eigenvalue weighted by atomic mass is 10.0. The van der Waals surface area contributed by atoms with E-state index in [-0.39, 0.29) is 6.10 Å². The largest absolute Gasteiger partial charge is 0.393 e. The fourth-order valence-corrected chi connectivity index (χ4v) is 3.03. The highest BCUT2D eigenvalue weighted by Gasteiger charge is 2.39. The topological polar surface area (TPSA) is 23.5 Å². The van der Waals surface area contributed by atoms with E-state index in [1.807, 2.05) is 0 Å². The van der Waals surface area contributed by atoms with E-state index in [1.165, 1.54) is 19.6 Å². The SMILES string of the molecule is CC(C)CN1C[C@H]2CC(O)C[C@H]2C1. The molecule has 1 N–H and O–H groups in total. The van der Waals surface area contributed by atoms with Crippen molar-refractivity contribution in [3.05, 3.63) is 0 Å². The van der Waals surface area contributed by atoms with Crippen molar-refractivity contribution in [1.29, 1.82) is 0 Å². The summed E-state index contributed by atoms with van der Waals surface area (Å²) in [6, 6.07) is 0. The molecule has 0 aromatic carbocycles. The molecule has 3 atom stereocenters. The Morgan fingerprint density at radius 2 is 1.77 bits per heavy atom. The second-order valence-corrected chi connectivity index (χ2v) is 5.26. The average molecular weight is 183 g/mol. The van der Waals surface area contributed by atoms with Gasteiger partial charge in [0.05, 0.1) is 6.10 Å². The lowest BCUT2D eigenvalue weighted by Gasteiger charge is -2.19. The van der Waals surface area contributed by atoms with Crippen LogP contribution in [0.4, 0.5) is 0 Å². The molecule has 2 aliphatic rings. The van der Waals surface area contributed by atoms with Gasteiger partial charge in [-0.05, 0) is 30.6 Å². The first-order valence-electron chi connectivity index (χ1n) is 5.55. The molecule has 0 radical (unpaired) electrons. The Bertz CT molecular complexity index is 167. The zero-order chi connectivity index (χ0) is 9.42. The van der Waals surface area contributed by atoms with Crippen LogP contribution in [0.5, 0.6) is 0 Å². The van der Waals surface area contributed by atoms with Crippen LogP contribution < -0.4 is 0 Å². The van der Waals surface area contributed by atoms with Crippen LogP contribution >= 0.6 is 0 Å². The first-order chi connectivity index (χ1) is 6.15. The second kappa shape index (κ2) is 3.58. The van der Waals surface area contributed by atoms with Crippen molar-refractivity contribution in [2.24, 2.45) is 17.8 Å². The summed E-state index contributed by atoms with van der Waals surface area (Å²) in [6.45, 7) is 8.27. The maximum Gasteiger partial charge on any atom is 0.0546 e. The molecule has 2 fully saturated rings. The minimum absolute atomic E-state index is 0.0104. The molecule has 0 aromatic heterocycles. The molecule has 2 heteroatoms. The van der Waals surface area contributed by atoms with Gasteiger partial charge in [-0.2, -0.15) is 0 Å². The summed E-state index contributed by atoms with van der Waals surface area (Å²) in [6.07, 6.45) is 2.12. The minimum atomic E-state index is 0.0104. The Labute approximate surface area is 80.9 Å². The molecule has 0 aromatic rings. The Balaban J connectivity index is 1.83. The van der Waals surface area contributed by atoms with Gasteiger partial charge in [0, 0.05) is 19.6 Å². The Morgan fingerprint density at radius 1 is 1.23 bits per heavy atom. The van der Waals surface area contributed by atoms with E-state index >= 15 is 0 Å². The molecule has 1 aliphatic heterocycles. The van der Waals surface area contributed by atoms with Crippen LogP contribution in [0.25, 0.3) is 0 Å². The molecule has 2 nitrogen and oxygen atoms in total. The number of rotatable bonds is 2. The van der Waals surface area contributed by atoms with Crippen molar-refractivity contribution < 1.29 is 5.11 Å². The van der Waals surface area contributed by atoms with E-state index in [0.717, 1.165) is 30.6 Å². The summed E-state index contributed by atoms with van der Waals surface area (Å²) in [5, 5.41) is 9.48. The zero-order valence-corrected chi connectivity index (χ0v) is 8.74. The maximum absolute atomic E-state index is 9.48. The molecule has 1 aliphatic carbocycles. The third-order valence-corrected chi connectivity index (χ3v) is 3.43. The van der Waals surface area contributed by atoms with Gasteiger partial charge in [-0.15, -0.1) is 0 Å². The lowest BCUT2D eigenvalue weighted by molar-refractivity contribution is 0.159. The van der Waals surface area contributed by atoms with Crippen LogP contribution in [0.15, 0.2) is 0 Å². The fraction of sp³-hybridized carbons (Fsp3) is 1.00. The van der Waals surface area contributed by atoms with E-state index in [2.05, 4.69) is 18.7 Å². The monoisotopic (exact) mass is 183 g/mol. The van der Waals surface area contributed by atoms with Crippen molar-refractivity contribution in [2.45, 2.75) is 32.8 Å². The van der Waals surface area contributed by atoms with E-state index in [0.29, 0.717) is 0 Å². The smallest absolute Gasteiger partial charge is 0.0546 e. The predicted octanol–water partition coefficient (Wildman–Crippen LogP) is 1.35. The first-order valence-corrected chi connectivity index (χ1v) is 5.55. The Hall–Kier alpha value is -0.0800. The van der Waals surface area contributed by atoms with Crippen LogP contribution in [0.3, 0.4) is 0 Å². The van der Waals surface area contributed by atoms with Gasteiger partial charge >= 0.3 is 0 Å². The van der Waals surface area contributed by atoms with Crippen LogP contribution in [0.2, 0.25) is 0 Å². The van der Waals surface area contributed by atoms with Gasteiger partial charge in [-0.25, -0.2) is 0 Å². The van der Waals surface area contributed by atoms with Crippen molar-refractivity contribution >= 4 is 0 Å². The highest BCUT2D eigenvalue weighted by atomic mass is 16.3.